The second kappa shape index (κ2) is 7.61. The zero-order valence-electron chi connectivity index (χ0n) is 12.6. The second-order valence-corrected chi connectivity index (χ2v) is 7.01. The minimum Gasteiger partial charge on any atom is -0.349 e. The number of carbonyl (C=O) groups is 1. The first kappa shape index (κ1) is 18.5. The third-order valence-corrected chi connectivity index (χ3v) is 4.77. The summed E-state index contributed by atoms with van der Waals surface area (Å²) in [5.41, 5.74) is 7.02. The van der Waals surface area contributed by atoms with Crippen molar-refractivity contribution in [2.75, 3.05) is 0 Å². The van der Waals surface area contributed by atoms with E-state index in [9.17, 15) is 4.79 Å². The van der Waals surface area contributed by atoms with Crippen LogP contribution in [0.25, 0.3) is 0 Å². The van der Waals surface area contributed by atoms with Gasteiger partial charge in [-0.25, -0.2) is 0 Å². The summed E-state index contributed by atoms with van der Waals surface area (Å²) in [4.78, 5) is 12.5. The number of benzene rings is 1. The zero-order valence-corrected chi connectivity index (χ0v) is 15.0. The van der Waals surface area contributed by atoms with Crippen molar-refractivity contribution in [2.45, 2.75) is 51.1 Å². The van der Waals surface area contributed by atoms with Gasteiger partial charge in [0.25, 0.3) is 0 Å². The van der Waals surface area contributed by atoms with E-state index in [1.54, 1.807) is 0 Å². The number of halogens is 2. The summed E-state index contributed by atoms with van der Waals surface area (Å²) in [5, 5.41) is 3.11. The highest BCUT2D eigenvalue weighted by Gasteiger charge is 2.38. The first-order valence-corrected chi connectivity index (χ1v) is 8.04. The molecule has 3 N–H and O–H groups in total. The largest absolute Gasteiger partial charge is 0.349 e. The van der Waals surface area contributed by atoms with Gasteiger partial charge in [-0.15, -0.1) is 12.4 Å². The predicted octanol–water partition coefficient (Wildman–Crippen LogP) is 3.96. The molecule has 0 spiro atoms. The molecule has 1 aromatic rings. The number of nitrogens with two attached hydrogens (primary N) is 1. The quantitative estimate of drug-likeness (QED) is 0.840. The van der Waals surface area contributed by atoms with Gasteiger partial charge in [-0.05, 0) is 44.4 Å². The molecule has 0 heterocycles. The van der Waals surface area contributed by atoms with Gasteiger partial charge in [0.15, 0.2) is 0 Å². The Balaban J connectivity index is 0.00000220. The summed E-state index contributed by atoms with van der Waals surface area (Å²) < 4.78 is 1.03. The molecule has 0 saturated heterocycles. The Bertz CT molecular complexity index is 493. The van der Waals surface area contributed by atoms with Gasteiger partial charge >= 0.3 is 0 Å². The average Bonchev–Trinajstić information content (AvgIpc) is 2.37. The maximum atomic E-state index is 12.5. The first-order valence-electron chi connectivity index (χ1n) is 7.25. The van der Waals surface area contributed by atoms with Crippen LogP contribution < -0.4 is 11.1 Å². The highest BCUT2D eigenvalue weighted by molar-refractivity contribution is 9.10. The molecule has 1 aliphatic carbocycles. The smallest absolute Gasteiger partial charge is 0.225 e. The lowest BCUT2D eigenvalue weighted by Crippen LogP contribution is -2.53. The molecule has 2 rings (SSSR count). The molecule has 21 heavy (non-hydrogen) atoms. The predicted molar refractivity (Wildman–Crippen MR) is 92.5 cm³/mol. The molecule has 1 aromatic carbocycles. The summed E-state index contributed by atoms with van der Waals surface area (Å²) in [6.45, 7) is 4.01. The monoisotopic (exact) mass is 374 g/mol. The summed E-state index contributed by atoms with van der Waals surface area (Å²) in [5.74, 6) is 0.00743. The van der Waals surface area contributed by atoms with Gasteiger partial charge < -0.3 is 11.1 Å². The molecule has 5 heteroatoms. The Morgan fingerprint density at radius 2 is 2.19 bits per heavy atom. The molecule has 118 valence electrons. The lowest BCUT2D eigenvalue weighted by atomic mass is 9.74. The third kappa shape index (κ3) is 4.70. The van der Waals surface area contributed by atoms with Gasteiger partial charge in [0.1, 0.15) is 0 Å². The summed E-state index contributed by atoms with van der Waals surface area (Å²) >= 11 is 3.46. The van der Waals surface area contributed by atoms with Crippen molar-refractivity contribution < 1.29 is 4.79 Å². The zero-order chi connectivity index (χ0) is 14.8. The fraction of sp³-hybridized carbons (Fsp3) is 0.562. The molecule has 0 aromatic heterocycles. The fourth-order valence-corrected chi connectivity index (χ4v) is 3.38. The minimum atomic E-state index is -0.376. The molecular weight excluding hydrogens is 352 g/mol. The number of carbonyl (C=O) groups excluding carboxylic acids is 1. The molecule has 1 aliphatic rings. The molecule has 1 saturated carbocycles. The molecule has 3 unspecified atom stereocenters. The molecule has 1 amide bonds. The Morgan fingerprint density at radius 3 is 2.81 bits per heavy atom. The van der Waals surface area contributed by atoms with Gasteiger partial charge in [0.2, 0.25) is 5.91 Å². The van der Waals surface area contributed by atoms with E-state index in [1.807, 2.05) is 38.1 Å². The fourth-order valence-electron chi connectivity index (χ4n) is 2.96. The van der Waals surface area contributed by atoms with Crippen molar-refractivity contribution in [3.63, 3.8) is 0 Å². The van der Waals surface area contributed by atoms with Crippen LogP contribution in [0.5, 0.6) is 0 Å². The van der Waals surface area contributed by atoms with Crippen molar-refractivity contribution in [1.29, 1.82) is 0 Å². The van der Waals surface area contributed by atoms with Gasteiger partial charge in [0.05, 0.1) is 12.0 Å². The van der Waals surface area contributed by atoms with E-state index >= 15 is 0 Å². The minimum absolute atomic E-state index is 0. The Labute approximate surface area is 141 Å². The molecule has 0 bridgehead atoms. The molecule has 3 nitrogen and oxygen atoms in total. The van der Waals surface area contributed by atoms with E-state index in [2.05, 4.69) is 21.2 Å². The van der Waals surface area contributed by atoms with Gasteiger partial charge in [0, 0.05) is 10.0 Å². The highest BCUT2D eigenvalue weighted by Crippen LogP contribution is 2.32. The van der Waals surface area contributed by atoms with Crippen molar-refractivity contribution in [3.05, 3.63) is 34.3 Å². The number of nitrogens with one attached hydrogen (secondary N) is 1. The van der Waals surface area contributed by atoms with Gasteiger partial charge in [-0.2, -0.15) is 0 Å². The number of amides is 1. The summed E-state index contributed by atoms with van der Waals surface area (Å²) in [6, 6.07) is 8.02. The van der Waals surface area contributed by atoms with E-state index in [4.69, 9.17) is 5.73 Å². The van der Waals surface area contributed by atoms with Crippen molar-refractivity contribution in [1.82, 2.24) is 5.32 Å². The highest BCUT2D eigenvalue weighted by atomic mass is 79.9. The molecule has 3 atom stereocenters. The lowest BCUT2D eigenvalue weighted by Gasteiger charge is -2.37. The molecular formula is C16H24BrClN2O. The van der Waals surface area contributed by atoms with Crippen LogP contribution in [0.4, 0.5) is 0 Å². The standard InChI is InChI=1S/C16H23BrN2O.ClH/c1-11(12-6-5-7-13(17)10-12)19-15(20)14-8-3-4-9-16(14,2)18;/h5-7,10-11,14H,3-4,8-9,18H2,1-2H3,(H,19,20);1H. The Morgan fingerprint density at radius 1 is 1.48 bits per heavy atom. The van der Waals surface area contributed by atoms with Crippen molar-refractivity contribution >= 4 is 34.2 Å². The van der Waals surface area contributed by atoms with E-state index in [0.29, 0.717) is 0 Å². The third-order valence-electron chi connectivity index (χ3n) is 4.28. The van der Waals surface area contributed by atoms with Crippen LogP contribution >= 0.6 is 28.3 Å². The summed E-state index contributed by atoms with van der Waals surface area (Å²) in [6.07, 6.45) is 4.04. The Hall–Kier alpha value is -0.580. The van der Waals surface area contributed by atoms with Crippen LogP contribution in [0, 0.1) is 5.92 Å². The van der Waals surface area contributed by atoms with Crippen molar-refractivity contribution in [3.8, 4) is 0 Å². The van der Waals surface area contributed by atoms with Crippen LogP contribution in [0.15, 0.2) is 28.7 Å². The van der Waals surface area contributed by atoms with Crippen LogP contribution in [0.1, 0.15) is 51.1 Å². The average molecular weight is 376 g/mol. The maximum Gasteiger partial charge on any atom is 0.225 e. The van der Waals surface area contributed by atoms with Crippen molar-refractivity contribution in [2.24, 2.45) is 11.7 Å². The molecule has 0 radical (unpaired) electrons. The number of rotatable bonds is 3. The second-order valence-electron chi connectivity index (χ2n) is 6.09. The normalized spacial score (nSPS) is 26.6. The number of hydrogen-bond acceptors (Lipinski definition) is 2. The van der Waals surface area contributed by atoms with E-state index in [1.165, 1.54) is 0 Å². The van der Waals surface area contributed by atoms with E-state index in [0.717, 1.165) is 35.7 Å². The summed E-state index contributed by atoms with van der Waals surface area (Å²) in [7, 11) is 0. The van der Waals surface area contributed by atoms with Gasteiger partial charge in [-0.1, -0.05) is 40.9 Å². The van der Waals surface area contributed by atoms with Crippen LogP contribution in [0.3, 0.4) is 0 Å². The van der Waals surface area contributed by atoms with E-state index < -0.39 is 0 Å². The maximum absolute atomic E-state index is 12.5. The molecule has 1 fully saturated rings. The Kier molecular flexibility index (Phi) is 6.70. The SMILES string of the molecule is CC(NC(=O)C1CCCCC1(C)N)c1cccc(Br)c1.Cl. The van der Waals surface area contributed by atoms with Gasteiger partial charge in [-0.3, -0.25) is 4.79 Å². The van der Waals surface area contributed by atoms with Crippen LogP contribution in [-0.4, -0.2) is 11.4 Å². The number of hydrogen-bond donors (Lipinski definition) is 2. The first-order chi connectivity index (χ1) is 9.40. The lowest BCUT2D eigenvalue weighted by molar-refractivity contribution is -0.128. The van der Waals surface area contributed by atoms with Crippen LogP contribution in [-0.2, 0) is 4.79 Å². The topological polar surface area (TPSA) is 55.1 Å². The molecule has 0 aliphatic heterocycles. The van der Waals surface area contributed by atoms with Crippen LogP contribution in [0.2, 0.25) is 0 Å². The van der Waals surface area contributed by atoms with E-state index in [-0.39, 0.29) is 35.8 Å².